The fourth-order valence-electron chi connectivity index (χ4n) is 2.04. The van der Waals surface area contributed by atoms with Gasteiger partial charge in [0.2, 0.25) is 0 Å². The Morgan fingerprint density at radius 1 is 1.35 bits per heavy atom. The van der Waals surface area contributed by atoms with Gasteiger partial charge in [0.1, 0.15) is 11.4 Å². The van der Waals surface area contributed by atoms with Crippen LogP contribution >= 0.6 is 0 Å². The average molecular weight is 324 g/mol. The van der Waals surface area contributed by atoms with Gasteiger partial charge in [0.15, 0.2) is 11.6 Å². The normalized spacial score (nSPS) is 14.8. The summed E-state index contributed by atoms with van der Waals surface area (Å²) in [6, 6.07) is 5.58. The summed E-state index contributed by atoms with van der Waals surface area (Å²) in [6.07, 6.45) is 1.43. The lowest BCUT2D eigenvalue weighted by Crippen LogP contribution is -2.44. The monoisotopic (exact) mass is 324 g/mol. The number of amides is 2. The Balaban J connectivity index is 1.90. The first-order chi connectivity index (χ1) is 10.8. The largest absolute Gasteiger partial charge is 0.466 e. The van der Waals surface area contributed by atoms with Crippen molar-refractivity contribution >= 4 is 6.03 Å². The number of aliphatic hydroxyl groups is 1. The van der Waals surface area contributed by atoms with Crippen molar-refractivity contribution in [2.24, 2.45) is 0 Å². The number of urea groups is 1. The van der Waals surface area contributed by atoms with Gasteiger partial charge < -0.3 is 20.2 Å². The molecule has 0 bridgehead atoms. The quantitative estimate of drug-likeness (QED) is 0.792. The van der Waals surface area contributed by atoms with Crippen LogP contribution in [0, 0.1) is 11.6 Å². The minimum absolute atomic E-state index is 0.0726. The molecule has 0 radical (unpaired) electrons. The average Bonchev–Trinajstić information content (AvgIpc) is 3.03. The van der Waals surface area contributed by atoms with E-state index in [1.807, 2.05) is 0 Å². The number of carbonyl (C=O) groups excluding carboxylic acids is 1. The minimum Gasteiger partial charge on any atom is -0.466 e. The summed E-state index contributed by atoms with van der Waals surface area (Å²) < 4.78 is 31.2. The highest BCUT2D eigenvalue weighted by Gasteiger charge is 2.27. The van der Waals surface area contributed by atoms with E-state index in [2.05, 4.69) is 10.6 Å². The molecule has 2 rings (SSSR count). The minimum atomic E-state index is -1.36. The molecule has 0 aliphatic carbocycles. The van der Waals surface area contributed by atoms with Crippen molar-refractivity contribution in [2.45, 2.75) is 25.5 Å². The zero-order valence-corrected chi connectivity index (χ0v) is 12.8. The molecular weight excluding hydrogens is 306 g/mol. The van der Waals surface area contributed by atoms with Gasteiger partial charge in [-0.25, -0.2) is 13.6 Å². The van der Waals surface area contributed by atoms with Crippen LogP contribution in [0.5, 0.6) is 0 Å². The maximum absolute atomic E-state index is 13.2. The van der Waals surface area contributed by atoms with Crippen LogP contribution in [-0.4, -0.2) is 17.7 Å². The summed E-state index contributed by atoms with van der Waals surface area (Å²) in [5.41, 5.74) is -0.927. The molecule has 1 aromatic heterocycles. The number of hydrogen-bond acceptors (Lipinski definition) is 3. The van der Waals surface area contributed by atoms with E-state index in [9.17, 15) is 18.7 Å². The number of benzene rings is 1. The molecule has 0 spiro atoms. The highest BCUT2D eigenvalue weighted by molar-refractivity contribution is 5.74. The van der Waals surface area contributed by atoms with Gasteiger partial charge in [0.25, 0.3) is 0 Å². The van der Waals surface area contributed by atoms with Crippen LogP contribution in [0.1, 0.15) is 31.2 Å². The molecule has 2 aromatic rings. The Hall–Kier alpha value is -2.41. The SMILES string of the molecule is CC(NC(=O)NCC(C)(O)c1ccco1)c1ccc(F)c(F)c1. The molecule has 23 heavy (non-hydrogen) atoms. The highest BCUT2D eigenvalue weighted by atomic mass is 19.2. The van der Waals surface area contributed by atoms with E-state index in [1.165, 1.54) is 19.3 Å². The Kier molecular flexibility index (Phi) is 5.00. The van der Waals surface area contributed by atoms with Gasteiger partial charge in [0.05, 0.1) is 18.8 Å². The molecule has 0 saturated carbocycles. The number of nitrogens with one attached hydrogen (secondary N) is 2. The molecule has 124 valence electrons. The first kappa shape index (κ1) is 17.0. The molecule has 2 atom stereocenters. The topological polar surface area (TPSA) is 74.5 Å². The van der Waals surface area contributed by atoms with Crippen molar-refractivity contribution in [2.75, 3.05) is 6.54 Å². The van der Waals surface area contributed by atoms with Crippen LogP contribution in [-0.2, 0) is 5.60 Å². The molecule has 3 N–H and O–H groups in total. The molecule has 7 heteroatoms. The molecule has 1 aromatic carbocycles. The second-order valence-electron chi connectivity index (χ2n) is 5.47. The van der Waals surface area contributed by atoms with Crippen LogP contribution in [0.25, 0.3) is 0 Å². The van der Waals surface area contributed by atoms with E-state index in [0.717, 1.165) is 12.1 Å². The molecular formula is C16H18F2N2O3. The maximum atomic E-state index is 13.2. The van der Waals surface area contributed by atoms with Gasteiger partial charge in [-0.15, -0.1) is 0 Å². The molecule has 0 fully saturated rings. The van der Waals surface area contributed by atoms with E-state index in [0.29, 0.717) is 11.3 Å². The Labute approximate surface area is 132 Å². The van der Waals surface area contributed by atoms with E-state index >= 15 is 0 Å². The van der Waals surface area contributed by atoms with Gasteiger partial charge in [-0.2, -0.15) is 0 Å². The lowest BCUT2D eigenvalue weighted by atomic mass is 10.0. The van der Waals surface area contributed by atoms with E-state index in [1.54, 1.807) is 19.1 Å². The second-order valence-corrected chi connectivity index (χ2v) is 5.47. The molecule has 5 nitrogen and oxygen atoms in total. The molecule has 0 aliphatic rings. The summed E-state index contributed by atoms with van der Waals surface area (Å²) in [7, 11) is 0. The van der Waals surface area contributed by atoms with Crippen LogP contribution in [0.2, 0.25) is 0 Å². The number of halogens is 2. The van der Waals surface area contributed by atoms with E-state index < -0.39 is 29.3 Å². The van der Waals surface area contributed by atoms with Crippen molar-refractivity contribution in [3.63, 3.8) is 0 Å². The van der Waals surface area contributed by atoms with Crippen molar-refractivity contribution < 1.29 is 23.1 Å². The molecule has 2 unspecified atom stereocenters. The highest BCUT2D eigenvalue weighted by Crippen LogP contribution is 2.20. The number of rotatable bonds is 5. The third-order valence-corrected chi connectivity index (χ3v) is 3.44. The first-order valence-electron chi connectivity index (χ1n) is 7.05. The predicted molar refractivity (Wildman–Crippen MR) is 79.6 cm³/mol. The summed E-state index contributed by atoms with van der Waals surface area (Å²) in [4.78, 5) is 11.9. The third kappa shape index (κ3) is 4.29. The second kappa shape index (κ2) is 6.78. The van der Waals surface area contributed by atoms with Gasteiger partial charge in [-0.1, -0.05) is 6.07 Å². The fourth-order valence-corrected chi connectivity index (χ4v) is 2.04. The van der Waals surface area contributed by atoms with Gasteiger partial charge in [-0.3, -0.25) is 0 Å². The van der Waals surface area contributed by atoms with Crippen molar-refractivity contribution in [1.29, 1.82) is 0 Å². The lowest BCUT2D eigenvalue weighted by molar-refractivity contribution is 0.0366. The van der Waals surface area contributed by atoms with E-state index in [-0.39, 0.29) is 6.54 Å². The van der Waals surface area contributed by atoms with Gasteiger partial charge in [-0.05, 0) is 43.7 Å². The summed E-state index contributed by atoms with van der Waals surface area (Å²) in [5, 5.41) is 15.3. The Morgan fingerprint density at radius 2 is 2.09 bits per heavy atom. The van der Waals surface area contributed by atoms with Crippen LogP contribution in [0.4, 0.5) is 13.6 Å². The Bertz CT molecular complexity index is 672. The zero-order chi connectivity index (χ0) is 17.0. The summed E-state index contributed by atoms with van der Waals surface area (Å²) >= 11 is 0. The number of hydrogen-bond donors (Lipinski definition) is 3. The lowest BCUT2D eigenvalue weighted by Gasteiger charge is -2.22. The van der Waals surface area contributed by atoms with E-state index in [4.69, 9.17) is 4.42 Å². The van der Waals surface area contributed by atoms with Crippen molar-refractivity contribution in [1.82, 2.24) is 10.6 Å². The maximum Gasteiger partial charge on any atom is 0.315 e. The Morgan fingerprint density at radius 3 is 2.70 bits per heavy atom. The molecule has 1 heterocycles. The van der Waals surface area contributed by atoms with Crippen molar-refractivity contribution in [3.8, 4) is 0 Å². The van der Waals surface area contributed by atoms with Crippen LogP contribution in [0.3, 0.4) is 0 Å². The predicted octanol–water partition coefficient (Wildman–Crippen LogP) is 2.83. The van der Waals surface area contributed by atoms with Crippen LogP contribution in [0.15, 0.2) is 41.0 Å². The van der Waals surface area contributed by atoms with Gasteiger partial charge >= 0.3 is 6.03 Å². The van der Waals surface area contributed by atoms with Crippen molar-refractivity contribution in [3.05, 3.63) is 59.6 Å². The zero-order valence-electron chi connectivity index (χ0n) is 12.8. The summed E-state index contributed by atoms with van der Waals surface area (Å²) in [5.74, 6) is -1.59. The van der Waals surface area contributed by atoms with Crippen LogP contribution < -0.4 is 10.6 Å². The van der Waals surface area contributed by atoms with Gasteiger partial charge in [0, 0.05) is 0 Å². The smallest absolute Gasteiger partial charge is 0.315 e. The molecule has 2 amide bonds. The first-order valence-corrected chi connectivity index (χ1v) is 7.05. The number of carbonyl (C=O) groups is 1. The molecule has 0 saturated heterocycles. The standard InChI is InChI=1S/C16H18F2N2O3/c1-10(11-5-6-12(17)13(18)8-11)20-15(21)19-9-16(2,22)14-4-3-7-23-14/h3-8,10,22H,9H2,1-2H3,(H2,19,20,21). The molecule has 0 aliphatic heterocycles. The third-order valence-electron chi connectivity index (χ3n) is 3.44. The summed E-state index contributed by atoms with van der Waals surface area (Å²) in [6.45, 7) is 3.07. The fraction of sp³-hybridized carbons (Fsp3) is 0.312. The number of furan rings is 1.